The fourth-order valence-corrected chi connectivity index (χ4v) is 2.47. The Bertz CT molecular complexity index is 622. The molecule has 0 aromatic heterocycles. The number of rotatable bonds is 4. The van der Waals surface area contributed by atoms with E-state index in [4.69, 9.17) is 0 Å². The third kappa shape index (κ3) is 3.77. The number of aliphatic hydroxyl groups is 1. The molecular formula is C14H11Br2F2NO. The second-order valence-corrected chi connectivity index (χ2v) is 5.96. The molecular weight excluding hydrogens is 396 g/mol. The van der Waals surface area contributed by atoms with Gasteiger partial charge in [-0.1, -0.05) is 22.0 Å². The Hall–Kier alpha value is -0.980. The molecule has 0 aliphatic carbocycles. The standard InChI is InChI=1S/C14H11Br2F2NO/c15-8-1-4-11(16)13(5-8)19-7-14(20)10-3-2-9(17)6-12(10)18/h1-6,14,19-20H,7H2. The van der Waals surface area contributed by atoms with Crippen molar-refractivity contribution >= 4 is 37.5 Å². The van der Waals surface area contributed by atoms with Gasteiger partial charge in [0.1, 0.15) is 11.6 Å². The van der Waals surface area contributed by atoms with Crippen molar-refractivity contribution in [1.29, 1.82) is 0 Å². The van der Waals surface area contributed by atoms with Crippen LogP contribution < -0.4 is 5.32 Å². The maximum Gasteiger partial charge on any atom is 0.131 e. The van der Waals surface area contributed by atoms with E-state index in [1.807, 2.05) is 18.2 Å². The first-order valence-corrected chi connectivity index (χ1v) is 7.38. The molecule has 1 atom stereocenters. The molecule has 106 valence electrons. The molecule has 1 unspecified atom stereocenters. The van der Waals surface area contributed by atoms with Gasteiger partial charge in [0.25, 0.3) is 0 Å². The van der Waals surface area contributed by atoms with Crippen LogP contribution in [0.3, 0.4) is 0 Å². The Kier molecular flexibility index (Phi) is 5.12. The van der Waals surface area contributed by atoms with Crippen molar-refractivity contribution in [3.05, 3.63) is 62.5 Å². The minimum atomic E-state index is -1.07. The summed E-state index contributed by atoms with van der Waals surface area (Å²) in [6.07, 6.45) is -1.07. The van der Waals surface area contributed by atoms with Crippen LogP contribution in [0.25, 0.3) is 0 Å². The van der Waals surface area contributed by atoms with E-state index in [0.29, 0.717) is 0 Å². The molecule has 0 saturated heterocycles. The summed E-state index contributed by atoms with van der Waals surface area (Å²) in [4.78, 5) is 0. The van der Waals surface area contributed by atoms with Gasteiger partial charge in [0, 0.05) is 32.8 Å². The Morgan fingerprint density at radius 3 is 2.55 bits per heavy atom. The SMILES string of the molecule is OC(CNc1cc(Br)ccc1Br)c1ccc(F)cc1F. The maximum atomic E-state index is 13.5. The van der Waals surface area contributed by atoms with Crippen LogP contribution in [0.15, 0.2) is 45.3 Å². The Labute approximate surface area is 132 Å². The van der Waals surface area contributed by atoms with Gasteiger partial charge in [-0.15, -0.1) is 0 Å². The molecule has 2 nitrogen and oxygen atoms in total. The summed E-state index contributed by atoms with van der Waals surface area (Å²) in [6.45, 7) is 0.109. The molecule has 2 aromatic rings. The average molecular weight is 407 g/mol. The zero-order valence-corrected chi connectivity index (χ0v) is 13.4. The van der Waals surface area contributed by atoms with Gasteiger partial charge in [-0.25, -0.2) is 8.78 Å². The maximum absolute atomic E-state index is 13.5. The van der Waals surface area contributed by atoms with Gasteiger partial charge < -0.3 is 10.4 Å². The lowest BCUT2D eigenvalue weighted by Crippen LogP contribution is -2.14. The fourth-order valence-electron chi connectivity index (χ4n) is 1.72. The molecule has 0 amide bonds. The van der Waals surface area contributed by atoms with E-state index in [1.54, 1.807) is 0 Å². The van der Waals surface area contributed by atoms with E-state index in [9.17, 15) is 13.9 Å². The van der Waals surface area contributed by atoms with E-state index >= 15 is 0 Å². The van der Waals surface area contributed by atoms with Crippen LogP contribution in [0.1, 0.15) is 11.7 Å². The van der Waals surface area contributed by atoms with E-state index in [0.717, 1.165) is 26.8 Å². The van der Waals surface area contributed by atoms with Crippen LogP contribution in [0, 0.1) is 11.6 Å². The highest BCUT2D eigenvalue weighted by molar-refractivity contribution is 9.11. The second kappa shape index (κ2) is 6.65. The zero-order valence-electron chi connectivity index (χ0n) is 10.2. The van der Waals surface area contributed by atoms with Gasteiger partial charge in [-0.2, -0.15) is 0 Å². The molecule has 0 heterocycles. The number of benzene rings is 2. The van der Waals surface area contributed by atoms with E-state index in [2.05, 4.69) is 37.2 Å². The van der Waals surface area contributed by atoms with E-state index < -0.39 is 17.7 Å². The average Bonchev–Trinajstić information content (AvgIpc) is 2.39. The Morgan fingerprint density at radius 2 is 1.85 bits per heavy atom. The third-order valence-corrected chi connectivity index (χ3v) is 3.92. The summed E-state index contributed by atoms with van der Waals surface area (Å²) in [5, 5.41) is 13.0. The van der Waals surface area contributed by atoms with E-state index in [1.165, 1.54) is 6.07 Å². The van der Waals surface area contributed by atoms with Crippen LogP contribution in [-0.2, 0) is 0 Å². The second-order valence-electron chi connectivity index (χ2n) is 4.19. The zero-order chi connectivity index (χ0) is 14.7. The minimum Gasteiger partial charge on any atom is -0.386 e. The number of hydrogen-bond donors (Lipinski definition) is 2. The predicted octanol–water partition coefficient (Wildman–Crippen LogP) is 4.64. The fraction of sp³-hybridized carbons (Fsp3) is 0.143. The number of anilines is 1. The quantitative estimate of drug-likeness (QED) is 0.775. The summed E-state index contributed by atoms with van der Waals surface area (Å²) in [6, 6.07) is 8.66. The lowest BCUT2D eigenvalue weighted by molar-refractivity contribution is 0.186. The molecule has 0 aliphatic rings. The van der Waals surface area contributed by atoms with Crippen LogP contribution in [0.2, 0.25) is 0 Å². The highest BCUT2D eigenvalue weighted by Gasteiger charge is 2.14. The number of halogens is 4. The molecule has 0 aliphatic heterocycles. The predicted molar refractivity (Wildman–Crippen MR) is 81.6 cm³/mol. The molecule has 20 heavy (non-hydrogen) atoms. The molecule has 0 fully saturated rings. The third-order valence-electron chi connectivity index (χ3n) is 2.74. The first kappa shape index (κ1) is 15.4. The van der Waals surface area contributed by atoms with Gasteiger partial charge in [0.2, 0.25) is 0 Å². The van der Waals surface area contributed by atoms with Crippen LogP contribution in [0.4, 0.5) is 14.5 Å². The van der Waals surface area contributed by atoms with Crippen molar-refractivity contribution in [3.63, 3.8) is 0 Å². The van der Waals surface area contributed by atoms with Gasteiger partial charge in [-0.05, 0) is 40.2 Å². The van der Waals surface area contributed by atoms with E-state index in [-0.39, 0.29) is 12.1 Å². The van der Waals surface area contributed by atoms with Crippen molar-refractivity contribution in [2.24, 2.45) is 0 Å². The van der Waals surface area contributed by atoms with Gasteiger partial charge in [0.15, 0.2) is 0 Å². The molecule has 0 saturated carbocycles. The van der Waals surface area contributed by atoms with Crippen molar-refractivity contribution < 1.29 is 13.9 Å². The first-order valence-electron chi connectivity index (χ1n) is 5.79. The molecule has 0 radical (unpaired) electrons. The van der Waals surface area contributed by atoms with Crippen LogP contribution in [-0.4, -0.2) is 11.7 Å². The molecule has 2 aromatic carbocycles. The summed E-state index contributed by atoms with van der Waals surface area (Å²) in [5.74, 6) is -1.42. The molecule has 0 spiro atoms. The number of hydrogen-bond acceptors (Lipinski definition) is 2. The molecule has 2 N–H and O–H groups in total. The molecule has 6 heteroatoms. The summed E-state index contributed by atoms with van der Waals surface area (Å²) in [5.41, 5.74) is 0.825. The Morgan fingerprint density at radius 1 is 1.10 bits per heavy atom. The topological polar surface area (TPSA) is 32.3 Å². The smallest absolute Gasteiger partial charge is 0.131 e. The Balaban J connectivity index is 2.08. The molecule has 0 bridgehead atoms. The van der Waals surface area contributed by atoms with Crippen molar-refractivity contribution in [2.45, 2.75) is 6.10 Å². The summed E-state index contributed by atoms with van der Waals surface area (Å²) < 4.78 is 28.0. The van der Waals surface area contributed by atoms with Gasteiger partial charge >= 0.3 is 0 Å². The largest absolute Gasteiger partial charge is 0.386 e. The normalized spacial score (nSPS) is 12.2. The molecule has 2 rings (SSSR count). The highest BCUT2D eigenvalue weighted by atomic mass is 79.9. The van der Waals surface area contributed by atoms with Crippen molar-refractivity contribution in [3.8, 4) is 0 Å². The van der Waals surface area contributed by atoms with Crippen LogP contribution in [0.5, 0.6) is 0 Å². The number of aliphatic hydroxyl groups excluding tert-OH is 1. The highest BCUT2D eigenvalue weighted by Crippen LogP contribution is 2.27. The lowest BCUT2D eigenvalue weighted by Gasteiger charge is -2.15. The monoisotopic (exact) mass is 405 g/mol. The summed E-state index contributed by atoms with van der Waals surface area (Å²) >= 11 is 6.71. The van der Waals surface area contributed by atoms with Crippen LogP contribution >= 0.6 is 31.9 Å². The van der Waals surface area contributed by atoms with Crippen molar-refractivity contribution in [1.82, 2.24) is 0 Å². The number of nitrogens with one attached hydrogen (secondary N) is 1. The van der Waals surface area contributed by atoms with Gasteiger partial charge in [0.05, 0.1) is 6.10 Å². The minimum absolute atomic E-state index is 0.0602. The summed E-state index contributed by atoms with van der Waals surface area (Å²) in [7, 11) is 0. The van der Waals surface area contributed by atoms with Crippen molar-refractivity contribution in [2.75, 3.05) is 11.9 Å². The lowest BCUT2D eigenvalue weighted by atomic mass is 10.1. The first-order chi connectivity index (χ1) is 9.47. The van der Waals surface area contributed by atoms with Gasteiger partial charge in [-0.3, -0.25) is 0 Å².